The van der Waals surface area contributed by atoms with Crippen LogP contribution in [0, 0.1) is 0 Å². The Balaban J connectivity index is 2.20. The summed E-state index contributed by atoms with van der Waals surface area (Å²) in [5.41, 5.74) is 0.566. The first-order chi connectivity index (χ1) is 7.78. The van der Waals surface area contributed by atoms with Gasteiger partial charge in [0.05, 0.1) is 0 Å². The Morgan fingerprint density at radius 2 is 1.75 bits per heavy atom. The maximum Gasteiger partial charge on any atom is 0.150 e. The lowest BCUT2D eigenvalue weighted by Crippen LogP contribution is -1.85. The fourth-order valence-electron chi connectivity index (χ4n) is 1.30. The number of carbonyl (C=O) groups excluding carboxylic acids is 1. The summed E-state index contributed by atoms with van der Waals surface area (Å²) in [6.45, 7) is 0. The molecule has 0 saturated carbocycles. The van der Waals surface area contributed by atoms with Crippen molar-refractivity contribution in [2.75, 3.05) is 0 Å². The number of phenols is 1. The fraction of sp³-hybridized carbons (Fsp3) is 0. The molecule has 2 aromatic rings. The molecule has 0 atom stereocenters. The third-order valence-corrected chi connectivity index (χ3v) is 2.07. The molecule has 0 aliphatic heterocycles. The molecule has 0 aromatic heterocycles. The van der Waals surface area contributed by atoms with Crippen LogP contribution in [0.4, 0.5) is 0 Å². The van der Waals surface area contributed by atoms with E-state index >= 15 is 0 Å². The SMILES string of the molecule is O=Cc1cccc(Oc2ccc(O)cc2)c1. The predicted octanol–water partition coefficient (Wildman–Crippen LogP) is 3.00. The van der Waals surface area contributed by atoms with E-state index < -0.39 is 0 Å². The Bertz CT molecular complexity index is 489. The van der Waals surface area contributed by atoms with Crippen molar-refractivity contribution >= 4 is 6.29 Å². The van der Waals surface area contributed by atoms with Gasteiger partial charge < -0.3 is 9.84 Å². The predicted molar refractivity (Wildman–Crippen MR) is 60.0 cm³/mol. The van der Waals surface area contributed by atoms with Crippen LogP contribution in [0.15, 0.2) is 48.5 Å². The normalized spacial score (nSPS) is 9.75. The van der Waals surface area contributed by atoms with Crippen LogP contribution < -0.4 is 4.74 Å². The van der Waals surface area contributed by atoms with Crippen LogP contribution in [-0.4, -0.2) is 11.4 Å². The molecule has 0 fully saturated rings. The molecule has 2 rings (SSSR count). The summed E-state index contributed by atoms with van der Waals surface area (Å²) in [5.74, 6) is 1.39. The Morgan fingerprint density at radius 3 is 2.44 bits per heavy atom. The van der Waals surface area contributed by atoms with Crippen molar-refractivity contribution in [2.45, 2.75) is 0 Å². The van der Waals surface area contributed by atoms with Gasteiger partial charge in [0.1, 0.15) is 23.5 Å². The van der Waals surface area contributed by atoms with Crippen LogP contribution in [-0.2, 0) is 0 Å². The summed E-state index contributed by atoms with van der Waals surface area (Å²) in [6, 6.07) is 13.3. The number of benzene rings is 2. The number of hydrogen-bond acceptors (Lipinski definition) is 3. The Hall–Kier alpha value is -2.29. The van der Waals surface area contributed by atoms with Crippen molar-refractivity contribution < 1.29 is 14.6 Å². The van der Waals surface area contributed by atoms with E-state index in [-0.39, 0.29) is 5.75 Å². The molecule has 0 unspecified atom stereocenters. The summed E-state index contributed by atoms with van der Waals surface area (Å²) in [6.07, 6.45) is 0.768. The van der Waals surface area contributed by atoms with Crippen LogP contribution in [0.3, 0.4) is 0 Å². The number of phenolic OH excluding ortho intramolecular Hbond substituents is 1. The molecule has 80 valence electrons. The molecule has 16 heavy (non-hydrogen) atoms. The van der Waals surface area contributed by atoms with Gasteiger partial charge in [-0.25, -0.2) is 0 Å². The Labute approximate surface area is 92.9 Å². The molecule has 0 heterocycles. The molecule has 0 radical (unpaired) electrons. The molecule has 2 aromatic carbocycles. The average Bonchev–Trinajstić information content (AvgIpc) is 2.32. The van der Waals surface area contributed by atoms with Gasteiger partial charge >= 0.3 is 0 Å². The zero-order valence-corrected chi connectivity index (χ0v) is 8.46. The quantitative estimate of drug-likeness (QED) is 0.799. The highest BCUT2D eigenvalue weighted by atomic mass is 16.5. The van der Waals surface area contributed by atoms with Gasteiger partial charge in [-0.2, -0.15) is 0 Å². The van der Waals surface area contributed by atoms with Crippen LogP contribution in [0.1, 0.15) is 10.4 Å². The van der Waals surface area contributed by atoms with Crippen molar-refractivity contribution in [1.29, 1.82) is 0 Å². The summed E-state index contributed by atoms with van der Waals surface area (Å²) < 4.78 is 5.51. The summed E-state index contributed by atoms with van der Waals surface area (Å²) in [7, 11) is 0. The van der Waals surface area contributed by atoms with E-state index in [2.05, 4.69) is 0 Å². The van der Waals surface area contributed by atoms with Crippen molar-refractivity contribution in [3.05, 3.63) is 54.1 Å². The highest BCUT2D eigenvalue weighted by molar-refractivity contribution is 5.75. The molecule has 0 amide bonds. The number of hydrogen-bond donors (Lipinski definition) is 1. The summed E-state index contributed by atoms with van der Waals surface area (Å²) >= 11 is 0. The third-order valence-electron chi connectivity index (χ3n) is 2.07. The minimum absolute atomic E-state index is 0.189. The zero-order chi connectivity index (χ0) is 11.4. The minimum Gasteiger partial charge on any atom is -0.508 e. The van der Waals surface area contributed by atoms with Gasteiger partial charge in [0.15, 0.2) is 0 Å². The first kappa shape index (κ1) is 10.2. The molecule has 0 aliphatic rings. The van der Waals surface area contributed by atoms with Gasteiger partial charge in [-0.15, -0.1) is 0 Å². The Morgan fingerprint density at radius 1 is 1.00 bits per heavy atom. The molecule has 3 nitrogen and oxygen atoms in total. The van der Waals surface area contributed by atoms with E-state index in [4.69, 9.17) is 9.84 Å². The monoisotopic (exact) mass is 214 g/mol. The van der Waals surface area contributed by atoms with Crippen molar-refractivity contribution in [2.24, 2.45) is 0 Å². The molecular formula is C13H10O3. The van der Waals surface area contributed by atoms with E-state index in [1.807, 2.05) is 0 Å². The second kappa shape index (κ2) is 4.49. The van der Waals surface area contributed by atoms with E-state index in [0.717, 1.165) is 6.29 Å². The first-order valence-corrected chi connectivity index (χ1v) is 4.80. The van der Waals surface area contributed by atoms with Gasteiger partial charge in [-0.05, 0) is 36.4 Å². The van der Waals surface area contributed by atoms with Crippen LogP contribution in [0.5, 0.6) is 17.2 Å². The number of aromatic hydroxyl groups is 1. The van der Waals surface area contributed by atoms with Gasteiger partial charge in [0.2, 0.25) is 0 Å². The molecule has 0 saturated heterocycles. The van der Waals surface area contributed by atoms with Crippen molar-refractivity contribution in [1.82, 2.24) is 0 Å². The molecule has 1 N–H and O–H groups in total. The lowest BCUT2D eigenvalue weighted by atomic mass is 10.2. The zero-order valence-electron chi connectivity index (χ0n) is 8.46. The average molecular weight is 214 g/mol. The summed E-state index contributed by atoms with van der Waals surface area (Å²) in [4.78, 5) is 10.6. The van der Waals surface area contributed by atoms with Crippen molar-refractivity contribution in [3.8, 4) is 17.2 Å². The fourth-order valence-corrected chi connectivity index (χ4v) is 1.30. The van der Waals surface area contributed by atoms with Gasteiger partial charge in [0.25, 0.3) is 0 Å². The molecule has 3 heteroatoms. The smallest absolute Gasteiger partial charge is 0.150 e. The van der Waals surface area contributed by atoms with Crippen molar-refractivity contribution in [3.63, 3.8) is 0 Å². The second-order valence-electron chi connectivity index (χ2n) is 3.29. The van der Waals surface area contributed by atoms with E-state index in [0.29, 0.717) is 17.1 Å². The Kier molecular flexibility index (Phi) is 2.87. The third kappa shape index (κ3) is 2.39. The van der Waals surface area contributed by atoms with E-state index in [9.17, 15) is 4.79 Å². The number of ether oxygens (including phenoxy) is 1. The maximum atomic E-state index is 10.6. The first-order valence-electron chi connectivity index (χ1n) is 4.80. The molecule has 0 bridgehead atoms. The lowest BCUT2D eigenvalue weighted by molar-refractivity contribution is 0.112. The number of carbonyl (C=O) groups is 1. The largest absolute Gasteiger partial charge is 0.508 e. The van der Waals surface area contributed by atoms with Crippen LogP contribution in [0.2, 0.25) is 0 Å². The molecule has 0 spiro atoms. The standard InChI is InChI=1S/C13H10O3/c14-9-10-2-1-3-13(8-10)16-12-6-4-11(15)5-7-12/h1-9,15H. The van der Waals surface area contributed by atoms with Gasteiger partial charge in [-0.1, -0.05) is 12.1 Å². The van der Waals surface area contributed by atoms with Crippen LogP contribution >= 0.6 is 0 Å². The van der Waals surface area contributed by atoms with Gasteiger partial charge in [-0.3, -0.25) is 4.79 Å². The summed E-state index contributed by atoms with van der Waals surface area (Å²) in [5, 5.41) is 9.10. The lowest BCUT2D eigenvalue weighted by Gasteiger charge is -2.05. The molecular weight excluding hydrogens is 204 g/mol. The topological polar surface area (TPSA) is 46.5 Å². The van der Waals surface area contributed by atoms with E-state index in [1.54, 1.807) is 48.5 Å². The van der Waals surface area contributed by atoms with Gasteiger partial charge in [0, 0.05) is 5.56 Å². The highest BCUT2D eigenvalue weighted by Crippen LogP contribution is 2.23. The van der Waals surface area contributed by atoms with Crippen LogP contribution in [0.25, 0.3) is 0 Å². The second-order valence-corrected chi connectivity index (χ2v) is 3.29. The molecule has 0 aliphatic carbocycles. The minimum atomic E-state index is 0.189. The highest BCUT2D eigenvalue weighted by Gasteiger charge is 1.98. The number of rotatable bonds is 3. The number of aldehydes is 1. The maximum absolute atomic E-state index is 10.6. The van der Waals surface area contributed by atoms with E-state index in [1.165, 1.54) is 0 Å².